The minimum Gasteiger partial charge on any atom is -0.427 e. The lowest BCUT2D eigenvalue weighted by Crippen LogP contribution is -2.10. The lowest BCUT2D eigenvalue weighted by Gasteiger charge is -2.12. The molecule has 0 amide bonds. The molecule has 0 aliphatic rings. The van der Waals surface area contributed by atoms with Crippen molar-refractivity contribution in [1.82, 2.24) is 0 Å². The summed E-state index contributed by atoms with van der Waals surface area (Å²) in [6.07, 6.45) is 12.5. The van der Waals surface area contributed by atoms with E-state index in [1.165, 1.54) is 38.5 Å². The Hall–Kier alpha value is -1.09. The zero-order valence-electron chi connectivity index (χ0n) is 14.2. The Morgan fingerprint density at radius 2 is 1.78 bits per heavy atom. The largest absolute Gasteiger partial charge is 0.427 e. The Morgan fingerprint density at radius 3 is 2.48 bits per heavy atom. The van der Waals surface area contributed by atoms with Gasteiger partial charge in [-0.15, -0.1) is 0 Å². The molecule has 2 nitrogen and oxygen atoms in total. The second kappa shape index (κ2) is 13.4. The van der Waals surface area contributed by atoms with Gasteiger partial charge in [0, 0.05) is 6.42 Å². The van der Waals surface area contributed by atoms with Crippen LogP contribution in [-0.4, -0.2) is 5.97 Å². The first-order valence-electron chi connectivity index (χ1n) is 8.79. The number of unbranched alkanes of at least 4 members (excludes halogenated alkanes) is 5. The van der Waals surface area contributed by atoms with Crippen LogP contribution in [0, 0.1) is 5.92 Å². The van der Waals surface area contributed by atoms with Gasteiger partial charge in [0.25, 0.3) is 0 Å². The van der Waals surface area contributed by atoms with E-state index in [-0.39, 0.29) is 5.97 Å². The maximum Gasteiger partial charge on any atom is 0.311 e. The Labute approximate surface area is 149 Å². The third-order valence-electron chi connectivity index (χ3n) is 3.97. The van der Waals surface area contributed by atoms with E-state index in [4.69, 9.17) is 4.74 Å². The van der Waals surface area contributed by atoms with Crippen LogP contribution in [0.5, 0.6) is 5.75 Å². The number of rotatable bonds is 12. The van der Waals surface area contributed by atoms with Crippen molar-refractivity contribution >= 4 is 21.9 Å². The molecule has 1 aromatic carbocycles. The molecule has 128 valence electrons. The third-order valence-corrected chi connectivity index (χ3v) is 4.27. The lowest BCUT2D eigenvalue weighted by molar-refractivity contribution is -0.134. The quantitative estimate of drug-likeness (QED) is 0.230. The summed E-state index contributed by atoms with van der Waals surface area (Å²) in [6, 6.07) is 9.28. The number of carbonyl (C=O) groups is 1. The van der Waals surface area contributed by atoms with E-state index in [9.17, 15) is 4.79 Å². The van der Waals surface area contributed by atoms with Gasteiger partial charge in [-0.2, -0.15) is 0 Å². The topological polar surface area (TPSA) is 26.3 Å². The summed E-state index contributed by atoms with van der Waals surface area (Å²) < 4.78 is 5.34. The summed E-state index contributed by atoms with van der Waals surface area (Å²) in [5.74, 6) is 0.928. The number of para-hydroxylation sites is 1. The summed E-state index contributed by atoms with van der Waals surface area (Å²) in [4.78, 5) is 13.8. The number of allylic oxidation sites excluding steroid dienone is 1. The van der Waals surface area contributed by atoms with Crippen LogP contribution in [-0.2, 0) is 4.79 Å². The Kier molecular flexibility index (Phi) is 11.6. The molecule has 0 spiro atoms. The number of carbonyl (C=O) groups excluding carboxylic acids is 1. The molecule has 3 heteroatoms. The summed E-state index contributed by atoms with van der Waals surface area (Å²) >= 11 is 3.36. The van der Waals surface area contributed by atoms with Crippen molar-refractivity contribution in [1.29, 1.82) is 0 Å². The Morgan fingerprint density at radius 1 is 1.09 bits per heavy atom. The molecule has 0 aliphatic carbocycles. The van der Waals surface area contributed by atoms with Gasteiger partial charge in [0.2, 0.25) is 0 Å². The van der Waals surface area contributed by atoms with Crippen LogP contribution in [0.1, 0.15) is 64.7 Å². The highest BCUT2D eigenvalue weighted by Crippen LogP contribution is 2.20. The van der Waals surface area contributed by atoms with Crippen molar-refractivity contribution in [2.24, 2.45) is 5.92 Å². The molecule has 0 radical (unpaired) electrons. The predicted molar refractivity (Wildman–Crippen MR) is 101 cm³/mol. The molecule has 0 saturated heterocycles. The monoisotopic (exact) mass is 380 g/mol. The molecule has 1 aromatic rings. The summed E-state index contributed by atoms with van der Waals surface area (Å²) in [5.41, 5.74) is 0. The van der Waals surface area contributed by atoms with Crippen molar-refractivity contribution in [3.05, 3.63) is 41.4 Å². The molecule has 0 aliphatic heterocycles. The first-order chi connectivity index (χ1) is 11.3. The maximum absolute atomic E-state index is 11.9. The summed E-state index contributed by atoms with van der Waals surface area (Å²) in [6.45, 7) is 2.24. The minimum absolute atomic E-state index is 0.146. The number of halogens is 1. The fourth-order valence-corrected chi connectivity index (χ4v) is 3.03. The average molecular weight is 381 g/mol. The van der Waals surface area contributed by atoms with Crippen molar-refractivity contribution < 1.29 is 9.53 Å². The molecule has 23 heavy (non-hydrogen) atoms. The number of esters is 1. The second-order valence-electron chi connectivity index (χ2n) is 5.96. The fourth-order valence-electron chi connectivity index (χ4n) is 2.60. The van der Waals surface area contributed by atoms with Crippen LogP contribution < -0.4 is 4.74 Å². The fraction of sp³-hybridized carbons (Fsp3) is 0.550. The first-order valence-corrected chi connectivity index (χ1v) is 9.70. The van der Waals surface area contributed by atoms with Crippen LogP contribution in [0.3, 0.4) is 0 Å². The van der Waals surface area contributed by atoms with Crippen molar-refractivity contribution in [3.63, 3.8) is 0 Å². The van der Waals surface area contributed by atoms with Crippen LogP contribution in [0.25, 0.3) is 0 Å². The van der Waals surface area contributed by atoms with Crippen molar-refractivity contribution in [2.75, 3.05) is 0 Å². The highest BCUT2D eigenvalue weighted by Gasteiger charge is 2.10. The van der Waals surface area contributed by atoms with Crippen LogP contribution >= 0.6 is 15.9 Å². The van der Waals surface area contributed by atoms with Gasteiger partial charge in [-0.3, -0.25) is 4.79 Å². The second-order valence-corrected chi connectivity index (χ2v) is 6.49. The van der Waals surface area contributed by atoms with Crippen molar-refractivity contribution in [3.8, 4) is 5.75 Å². The van der Waals surface area contributed by atoms with E-state index < -0.39 is 0 Å². The van der Waals surface area contributed by atoms with Gasteiger partial charge < -0.3 is 4.74 Å². The smallest absolute Gasteiger partial charge is 0.311 e. The SMILES string of the molecule is CCCCCCCCC(/C=C/Br)CCC(=O)Oc1ccccc1. The van der Waals surface area contributed by atoms with E-state index in [1.54, 1.807) is 0 Å². The van der Waals surface area contributed by atoms with Gasteiger partial charge in [0.05, 0.1) is 0 Å². The number of ether oxygens (including phenoxy) is 1. The average Bonchev–Trinajstić information content (AvgIpc) is 2.56. The van der Waals surface area contributed by atoms with Gasteiger partial charge in [-0.25, -0.2) is 0 Å². The van der Waals surface area contributed by atoms with E-state index in [0.717, 1.165) is 12.8 Å². The number of benzene rings is 1. The van der Waals surface area contributed by atoms with Crippen LogP contribution in [0.15, 0.2) is 41.4 Å². The normalized spacial score (nSPS) is 12.4. The van der Waals surface area contributed by atoms with Gasteiger partial charge in [-0.1, -0.05) is 85.7 Å². The van der Waals surface area contributed by atoms with Crippen LogP contribution in [0.2, 0.25) is 0 Å². The molecule has 0 N–H and O–H groups in total. The zero-order valence-corrected chi connectivity index (χ0v) is 15.8. The molecule has 0 bridgehead atoms. The third kappa shape index (κ3) is 10.3. The molecular formula is C20H29BrO2. The minimum atomic E-state index is -0.146. The zero-order chi connectivity index (χ0) is 16.8. The predicted octanol–water partition coefficient (Wildman–Crippen LogP) is 6.65. The van der Waals surface area contributed by atoms with E-state index in [1.807, 2.05) is 35.3 Å². The highest BCUT2D eigenvalue weighted by molar-refractivity contribution is 9.11. The van der Waals surface area contributed by atoms with Crippen LogP contribution in [0.4, 0.5) is 0 Å². The van der Waals surface area contributed by atoms with Gasteiger partial charge in [0.1, 0.15) is 5.75 Å². The molecule has 0 aromatic heterocycles. The number of hydrogen-bond acceptors (Lipinski definition) is 2. The molecule has 0 saturated carbocycles. The van der Waals surface area contributed by atoms with E-state index >= 15 is 0 Å². The Balaban J connectivity index is 2.22. The molecule has 0 heterocycles. The lowest BCUT2D eigenvalue weighted by atomic mass is 9.96. The summed E-state index contributed by atoms with van der Waals surface area (Å²) in [7, 11) is 0. The molecule has 1 unspecified atom stereocenters. The van der Waals surface area contributed by atoms with Gasteiger partial charge in [-0.05, 0) is 35.9 Å². The highest BCUT2D eigenvalue weighted by atomic mass is 79.9. The first kappa shape index (κ1) is 20.0. The molecular weight excluding hydrogens is 352 g/mol. The Bertz CT molecular complexity index is 442. The maximum atomic E-state index is 11.9. The standard InChI is InChI=1S/C20H29BrO2/c1-2-3-4-5-6-8-11-18(16-17-21)14-15-20(22)23-19-12-9-7-10-13-19/h7,9-10,12-13,16-18H,2-6,8,11,14-15H2,1H3/b17-16+. The number of hydrogen-bond donors (Lipinski definition) is 0. The van der Waals surface area contributed by atoms with Gasteiger partial charge in [0.15, 0.2) is 0 Å². The van der Waals surface area contributed by atoms with E-state index in [2.05, 4.69) is 28.9 Å². The van der Waals surface area contributed by atoms with Gasteiger partial charge >= 0.3 is 5.97 Å². The molecule has 0 fully saturated rings. The van der Waals surface area contributed by atoms with Crippen molar-refractivity contribution in [2.45, 2.75) is 64.7 Å². The summed E-state index contributed by atoms with van der Waals surface area (Å²) in [5, 5.41) is 0. The molecule has 1 atom stereocenters. The molecule has 1 rings (SSSR count). The van der Waals surface area contributed by atoms with E-state index in [0.29, 0.717) is 18.1 Å².